The molecule has 2 fully saturated rings. The Morgan fingerprint density at radius 3 is 2.71 bits per heavy atom. The van der Waals surface area contributed by atoms with Gasteiger partial charge in [0.05, 0.1) is 5.88 Å². The Balaban J connectivity index is 1.76. The number of aromatic nitrogens is 3. The van der Waals surface area contributed by atoms with Crippen LogP contribution in [-0.2, 0) is 5.88 Å². The average molecular weight is 305 g/mol. The van der Waals surface area contributed by atoms with E-state index in [2.05, 4.69) is 26.5 Å². The van der Waals surface area contributed by atoms with E-state index in [-0.39, 0.29) is 0 Å². The predicted molar refractivity (Wildman–Crippen MR) is 84.5 cm³/mol. The molecular weight excluding hydrogens is 284 g/mol. The van der Waals surface area contributed by atoms with Crippen molar-refractivity contribution in [3.8, 4) is 0 Å². The van der Waals surface area contributed by atoms with Gasteiger partial charge in [0.2, 0.25) is 0 Å². The summed E-state index contributed by atoms with van der Waals surface area (Å²) in [5, 5.41) is 0. The van der Waals surface area contributed by atoms with Crippen molar-refractivity contribution < 1.29 is 0 Å². The molecule has 4 nitrogen and oxygen atoms in total. The first-order valence-electron chi connectivity index (χ1n) is 7.87. The first-order chi connectivity index (χ1) is 10.3. The minimum atomic E-state index is 0.456. The molecule has 5 heteroatoms. The Hall–Kier alpha value is -1.13. The van der Waals surface area contributed by atoms with Crippen molar-refractivity contribution in [3.63, 3.8) is 0 Å². The summed E-state index contributed by atoms with van der Waals surface area (Å²) in [6, 6.07) is 5.87. The topological polar surface area (TPSA) is 34.0 Å². The fourth-order valence-electron chi connectivity index (χ4n) is 4.25. The first kappa shape index (κ1) is 13.5. The minimum absolute atomic E-state index is 0.456. The zero-order valence-electron chi connectivity index (χ0n) is 12.4. The molecule has 2 saturated heterocycles. The predicted octanol–water partition coefficient (Wildman–Crippen LogP) is 3.36. The first-order valence-corrected chi connectivity index (χ1v) is 8.41. The molecule has 2 aromatic heterocycles. The second-order valence-electron chi connectivity index (χ2n) is 6.41. The summed E-state index contributed by atoms with van der Waals surface area (Å²) in [6.45, 7) is 0. The molecule has 0 aromatic carbocycles. The van der Waals surface area contributed by atoms with Gasteiger partial charge in [0.1, 0.15) is 11.3 Å². The molecular formula is C16H21ClN4. The van der Waals surface area contributed by atoms with Crippen LogP contribution in [0, 0.1) is 0 Å². The van der Waals surface area contributed by atoms with Crippen LogP contribution in [0.5, 0.6) is 0 Å². The lowest BCUT2D eigenvalue weighted by molar-refractivity contribution is 0.0403. The van der Waals surface area contributed by atoms with Gasteiger partial charge in [-0.3, -0.25) is 0 Å². The summed E-state index contributed by atoms with van der Waals surface area (Å²) in [6.07, 6.45) is 8.25. The van der Waals surface area contributed by atoms with Gasteiger partial charge in [-0.2, -0.15) is 0 Å². The van der Waals surface area contributed by atoms with Gasteiger partial charge in [-0.1, -0.05) is 6.42 Å². The van der Waals surface area contributed by atoms with E-state index >= 15 is 0 Å². The van der Waals surface area contributed by atoms with Gasteiger partial charge in [-0.05, 0) is 44.9 Å². The van der Waals surface area contributed by atoms with Crippen LogP contribution in [0.3, 0.4) is 0 Å². The Labute approximate surface area is 130 Å². The molecule has 4 rings (SSSR count). The monoisotopic (exact) mass is 304 g/mol. The number of alkyl halides is 1. The van der Waals surface area contributed by atoms with E-state index in [1.54, 1.807) is 0 Å². The molecule has 2 bridgehead atoms. The molecule has 0 amide bonds. The second-order valence-corrected chi connectivity index (χ2v) is 6.67. The third-order valence-corrected chi connectivity index (χ3v) is 5.56. The van der Waals surface area contributed by atoms with Crippen molar-refractivity contribution in [2.75, 3.05) is 7.05 Å². The maximum absolute atomic E-state index is 6.15. The van der Waals surface area contributed by atoms with E-state index in [9.17, 15) is 0 Å². The lowest BCUT2D eigenvalue weighted by Gasteiger charge is -2.47. The van der Waals surface area contributed by atoms with Crippen LogP contribution in [0.15, 0.2) is 18.3 Å². The SMILES string of the molecule is CN1C2CCCC1CC(n1c(CCl)nc3cccnc31)C2. The molecule has 4 heterocycles. The van der Waals surface area contributed by atoms with Gasteiger partial charge in [-0.15, -0.1) is 11.6 Å². The fraction of sp³-hybridized carbons (Fsp3) is 0.625. The highest BCUT2D eigenvalue weighted by Crippen LogP contribution is 2.39. The normalized spacial score (nSPS) is 29.9. The molecule has 2 atom stereocenters. The van der Waals surface area contributed by atoms with Crippen molar-refractivity contribution in [1.29, 1.82) is 0 Å². The van der Waals surface area contributed by atoms with E-state index < -0.39 is 0 Å². The Kier molecular flexibility index (Phi) is 3.38. The molecule has 21 heavy (non-hydrogen) atoms. The minimum Gasteiger partial charge on any atom is -0.308 e. The number of hydrogen-bond acceptors (Lipinski definition) is 3. The summed E-state index contributed by atoms with van der Waals surface area (Å²) < 4.78 is 2.32. The number of rotatable bonds is 2. The van der Waals surface area contributed by atoms with Crippen molar-refractivity contribution in [3.05, 3.63) is 24.2 Å². The van der Waals surface area contributed by atoms with Crippen LogP contribution < -0.4 is 0 Å². The van der Waals surface area contributed by atoms with E-state index in [0.29, 0.717) is 24.0 Å². The molecule has 0 radical (unpaired) electrons. The molecule has 0 aliphatic carbocycles. The number of fused-ring (bicyclic) bond motifs is 3. The Bertz CT molecular complexity index is 639. The standard InChI is InChI=1S/C16H21ClN4/c1-20-11-4-2-5-12(20)9-13(8-11)21-15(10-17)19-14-6-3-7-18-16(14)21/h3,6-7,11-13H,2,4-5,8-10H2,1H3. The molecule has 2 aromatic rings. The van der Waals surface area contributed by atoms with E-state index in [4.69, 9.17) is 11.6 Å². The van der Waals surface area contributed by atoms with Crippen LogP contribution in [0.25, 0.3) is 11.2 Å². The highest BCUT2D eigenvalue weighted by atomic mass is 35.5. The number of imidazole rings is 1. The van der Waals surface area contributed by atoms with Crippen LogP contribution in [0.1, 0.15) is 44.0 Å². The Morgan fingerprint density at radius 2 is 2.00 bits per heavy atom. The fourth-order valence-corrected chi connectivity index (χ4v) is 4.44. The summed E-state index contributed by atoms with van der Waals surface area (Å²) in [5.74, 6) is 1.43. The molecule has 0 spiro atoms. The van der Waals surface area contributed by atoms with Gasteiger partial charge in [0, 0.05) is 24.3 Å². The van der Waals surface area contributed by atoms with Crippen LogP contribution in [-0.4, -0.2) is 38.6 Å². The van der Waals surface area contributed by atoms with Crippen LogP contribution in [0.4, 0.5) is 0 Å². The lowest BCUT2D eigenvalue weighted by Crippen LogP contribution is -2.50. The van der Waals surface area contributed by atoms with E-state index in [1.165, 1.54) is 32.1 Å². The van der Waals surface area contributed by atoms with Crippen molar-refractivity contribution >= 4 is 22.8 Å². The summed E-state index contributed by atoms with van der Waals surface area (Å²) in [5.41, 5.74) is 1.97. The van der Waals surface area contributed by atoms with E-state index in [1.807, 2.05) is 18.3 Å². The quantitative estimate of drug-likeness (QED) is 0.798. The molecule has 0 N–H and O–H groups in total. The molecule has 2 aliphatic heterocycles. The molecule has 0 saturated carbocycles. The van der Waals surface area contributed by atoms with Crippen molar-refractivity contribution in [1.82, 2.24) is 19.4 Å². The number of halogens is 1. The number of pyridine rings is 1. The van der Waals surface area contributed by atoms with Gasteiger partial charge < -0.3 is 9.47 Å². The zero-order chi connectivity index (χ0) is 14.4. The highest BCUT2D eigenvalue weighted by molar-refractivity contribution is 6.16. The van der Waals surface area contributed by atoms with Crippen molar-refractivity contribution in [2.45, 2.75) is 56.1 Å². The lowest BCUT2D eigenvalue weighted by atomic mass is 9.82. The number of nitrogens with zero attached hydrogens (tertiary/aromatic N) is 4. The Morgan fingerprint density at radius 1 is 1.24 bits per heavy atom. The summed E-state index contributed by atoms with van der Waals surface area (Å²) in [7, 11) is 2.29. The molecule has 112 valence electrons. The zero-order valence-corrected chi connectivity index (χ0v) is 13.1. The smallest absolute Gasteiger partial charge is 0.160 e. The number of piperidine rings is 2. The highest BCUT2D eigenvalue weighted by Gasteiger charge is 2.37. The molecule has 2 aliphatic rings. The largest absolute Gasteiger partial charge is 0.308 e. The average Bonchev–Trinajstić information content (AvgIpc) is 2.85. The maximum atomic E-state index is 6.15. The van der Waals surface area contributed by atoms with Crippen LogP contribution in [0.2, 0.25) is 0 Å². The number of hydrogen-bond donors (Lipinski definition) is 0. The molecule has 2 unspecified atom stereocenters. The van der Waals surface area contributed by atoms with Gasteiger partial charge in [-0.25, -0.2) is 9.97 Å². The second kappa shape index (κ2) is 5.25. The summed E-state index contributed by atoms with van der Waals surface area (Å²) in [4.78, 5) is 11.8. The van der Waals surface area contributed by atoms with E-state index in [0.717, 1.165) is 17.0 Å². The van der Waals surface area contributed by atoms with Gasteiger partial charge >= 0.3 is 0 Å². The third-order valence-electron chi connectivity index (χ3n) is 5.32. The third kappa shape index (κ3) is 2.16. The van der Waals surface area contributed by atoms with Crippen molar-refractivity contribution in [2.24, 2.45) is 0 Å². The van der Waals surface area contributed by atoms with Gasteiger partial charge in [0.15, 0.2) is 5.65 Å². The van der Waals surface area contributed by atoms with Gasteiger partial charge in [0.25, 0.3) is 0 Å². The maximum Gasteiger partial charge on any atom is 0.160 e. The summed E-state index contributed by atoms with van der Waals surface area (Å²) >= 11 is 6.15. The van der Waals surface area contributed by atoms with Crippen LogP contribution >= 0.6 is 11.6 Å².